The van der Waals surface area contributed by atoms with Crippen LogP contribution in [0.4, 0.5) is 4.79 Å². The van der Waals surface area contributed by atoms with E-state index in [0.29, 0.717) is 13.0 Å². The molecule has 2 unspecified atom stereocenters. The zero-order chi connectivity index (χ0) is 17.5. The Morgan fingerprint density at radius 1 is 1.08 bits per heavy atom. The molecule has 6 nitrogen and oxygen atoms in total. The lowest BCUT2D eigenvalue weighted by Gasteiger charge is -2.22. The Hall–Kier alpha value is -2.89. The Morgan fingerprint density at radius 3 is 2.56 bits per heavy atom. The van der Waals surface area contributed by atoms with Crippen LogP contribution >= 0.6 is 0 Å². The average molecular weight is 338 g/mol. The second kappa shape index (κ2) is 8.28. The predicted molar refractivity (Wildman–Crippen MR) is 94.8 cm³/mol. The standard InChI is InChI=1S/C19H22N4O2/c24-18-16(8-4-5-11-21-18)22-19(25)23-17(14-6-2-1-3-7-14)15-9-12-20-13-10-15/h1-3,6-7,9-10,12-13,16-17H,4-5,8,11H2,(H,21,24)(H2,22,23,25). The third-order valence-corrected chi connectivity index (χ3v) is 4.29. The van der Waals surface area contributed by atoms with Crippen molar-refractivity contribution in [3.63, 3.8) is 0 Å². The number of hydrogen-bond donors (Lipinski definition) is 3. The summed E-state index contributed by atoms with van der Waals surface area (Å²) in [4.78, 5) is 28.6. The predicted octanol–water partition coefficient (Wildman–Crippen LogP) is 2.14. The Bertz CT molecular complexity index is 666. The highest BCUT2D eigenvalue weighted by Gasteiger charge is 2.24. The van der Waals surface area contributed by atoms with Crippen molar-refractivity contribution >= 4 is 11.9 Å². The van der Waals surface area contributed by atoms with Crippen LogP contribution in [0.15, 0.2) is 54.9 Å². The van der Waals surface area contributed by atoms with Crippen LogP contribution in [0.25, 0.3) is 0 Å². The number of carbonyl (C=O) groups excluding carboxylic acids is 2. The molecule has 0 saturated carbocycles. The summed E-state index contributed by atoms with van der Waals surface area (Å²) in [5, 5.41) is 8.61. The maximum Gasteiger partial charge on any atom is 0.316 e. The summed E-state index contributed by atoms with van der Waals surface area (Å²) in [6, 6.07) is 12.3. The molecule has 6 heteroatoms. The van der Waals surface area contributed by atoms with E-state index in [1.54, 1.807) is 12.4 Å². The zero-order valence-corrected chi connectivity index (χ0v) is 13.9. The SMILES string of the molecule is O=C(NC1CCCCNC1=O)NC(c1ccccc1)c1ccncc1. The summed E-state index contributed by atoms with van der Waals surface area (Å²) in [7, 11) is 0. The summed E-state index contributed by atoms with van der Waals surface area (Å²) in [6.07, 6.45) is 5.91. The molecule has 1 aliphatic heterocycles. The van der Waals surface area contributed by atoms with Crippen molar-refractivity contribution in [3.8, 4) is 0 Å². The molecule has 1 fully saturated rings. The van der Waals surface area contributed by atoms with E-state index < -0.39 is 6.04 Å². The highest BCUT2D eigenvalue weighted by molar-refractivity contribution is 5.87. The van der Waals surface area contributed by atoms with Crippen molar-refractivity contribution in [2.24, 2.45) is 0 Å². The number of aromatic nitrogens is 1. The minimum Gasteiger partial charge on any atom is -0.354 e. The van der Waals surface area contributed by atoms with Gasteiger partial charge in [-0.05, 0) is 42.5 Å². The van der Waals surface area contributed by atoms with Crippen LogP contribution in [0.2, 0.25) is 0 Å². The van der Waals surface area contributed by atoms with Gasteiger partial charge in [0.15, 0.2) is 0 Å². The molecule has 3 rings (SSSR count). The van der Waals surface area contributed by atoms with Crippen LogP contribution in [0.1, 0.15) is 36.4 Å². The minimum absolute atomic E-state index is 0.118. The number of nitrogens with one attached hydrogen (secondary N) is 3. The van der Waals surface area contributed by atoms with Gasteiger partial charge in [0.05, 0.1) is 6.04 Å². The number of pyridine rings is 1. The molecular weight excluding hydrogens is 316 g/mol. The van der Waals surface area contributed by atoms with Crippen LogP contribution in [0, 0.1) is 0 Å². The molecule has 2 aromatic rings. The molecule has 1 aromatic heterocycles. The van der Waals surface area contributed by atoms with E-state index in [4.69, 9.17) is 0 Å². The first-order valence-corrected chi connectivity index (χ1v) is 8.53. The van der Waals surface area contributed by atoms with Gasteiger partial charge in [0.25, 0.3) is 0 Å². The highest BCUT2D eigenvalue weighted by atomic mass is 16.2. The molecule has 0 bridgehead atoms. The van der Waals surface area contributed by atoms with E-state index in [9.17, 15) is 9.59 Å². The van der Waals surface area contributed by atoms with Gasteiger partial charge in [-0.2, -0.15) is 0 Å². The maximum atomic E-state index is 12.5. The molecule has 25 heavy (non-hydrogen) atoms. The van der Waals surface area contributed by atoms with Crippen molar-refractivity contribution in [2.75, 3.05) is 6.54 Å². The quantitative estimate of drug-likeness (QED) is 0.799. The first kappa shape index (κ1) is 17.0. The van der Waals surface area contributed by atoms with Crippen molar-refractivity contribution in [2.45, 2.75) is 31.3 Å². The van der Waals surface area contributed by atoms with Crippen molar-refractivity contribution in [3.05, 3.63) is 66.0 Å². The molecule has 130 valence electrons. The van der Waals surface area contributed by atoms with Gasteiger partial charge in [0.2, 0.25) is 5.91 Å². The number of carbonyl (C=O) groups is 2. The van der Waals surface area contributed by atoms with E-state index in [0.717, 1.165) is 24.0 Å². The maximum absolute atomic E-state index is 12.5. The number of hydrogen-bond acceptors (Lipinski definition) is 3. The summed E-state index contributed by atoms with van der Waals surface area (Å²) in [5.41, 5.74) is 1.90. The molecule has 1 aliphatic rings. The fourth-order valence-electron chi connectivity index (χ4n) is 2.97. The van der Waals surface area contributed by atoms with E-state index in [1.165, 1.54) is 0 Å². The molecule has 3 amide bonds. The van der Waals surface area contributed by atoms with Crippen molar-refractivity contribution in [1.82, 2.24) is 20.9 Å². The van der Waals surface area contributed by atoms with Crippen molar-refractivity contribution < 1.29 is 9.59 Å². The molecule has 2 heterocycles. The van der Waals surface area contributed by atoms with Crippen LogP contribution in [0.3, 0.4) is 0 Å². The number of urea groups is 1. The van der Waals surface area contributed by atoms with E-state index in [2.05, 4.69) is 20.9 Å². The fraction of sp³-hybridized carbons (Fsp3) is 0.316. The first-order valence-electron chi connectivity index (χ1n) is 8.53. The molecular formula is C19H22N4O2. The van der Waals surface area contributed by atoms with Gasteiger partial charge in [0, 0.05) is 18.9 Å². The molecule has 0 spiro atoms. The molecule has 3 N–H and O–H groups in total. The minimum atomic E-state index is -0.489. The number of rotatable bonds is 4. The lowest BCUT2D eigenvalue weighted by Crippen LogP contribution is -2.49. The van der Waals surface area contributed by atoms with Gasteiger partial charge >= 0.3 is 6.03 Å². The van der Waals surface area contributed by atoms with Gasteiger partial charge in [-0.15, -0.1) is 0 Å². The van der Waals surface area contributed by atoms with Gasteiger partial charge in [-0.1, -0.05) is 30.3 Å². The summed E-state index contributed by atoms with van der Waals surface area (Å²) in [5.74, 6) is -0.118. The molecule has 1 aromatic carbocycles. The Balaban J connectivity index is 1.74. The lowest BCUT2D eigenvalue weighted by molar-refractivity contribution is -0.122. The Kier molecular flexibility index (Phi) is 5.61. The normalized spacial score (nSPS) is 18.6. The van der Waals surface area contributed by atoms with Crippen LogP contribution in [-0.2, 0) is 4.79 Å². The average Bonchev–Trinajstić information content (AvgIpc) is 2.86. The fourth-order valence-corrected chi connectivity index (χ4v) is 2.97. The van der Waals surface area contributed by atoms with Crippen molar-refractivity contribution in [1.29, 1.82) is 0 Å². The largest absolute Gasteiger partial charge is 0.354 e. The summed E-state index contributed by atoms with van der Waals surface area (Å²) >= 11 is 0. The Morgan fingerprint density at radius 2 is 1.80 bits per heavy atom. The van der Waals surface area contributed by atoms with Crippen LogP contribution in [-0.4, -0.2) is 29.5 Å². The lowest BCUT2D eigenvalue weighted by atomic mass is 10.00. The zero-order valence-electron chi connectivity index (χ0n) is 13.9. The summed E-state index contributed by atoms with van der Waals surface area (Å²) < 4.78 is 0. The Labute approximate surface area is 147 Å². The van der Waals surface area contributed by atoms with E-state index in [-0.39, 0.29) is 18.0 Å². The first-order chi connectivity index (χ1) is 12.2. The summed E-state index contributed by atoms with van der Waals surface area (Å²) in [6.45, 7) is 0.669. The van der Waals surface area contributed by atoms with Gasteiger partial charge < -0.3 is 16.0 Å². The topological polar surface area (TPSA) is 83.1 Å². The number of nitrogens with zero attached hydrogens (tertiary/aromatic N) is 1. The van der Waals surface area contributed by atoms with Crippen LogP contribution in [0.5, 0.6) is 0 Å². The van der Waals surface area contributed by atoms with Gasteiger partial charge in [-0.3, -0.25) is 9.78 Å². The monoisotopic (exact) mass is 338 g/mol. The molecule has 0 aliphatic carbocycles. The highest BCUT2D eigenvalue weighted by Crippen LogP contribution is 2.21. The van der Waals surface area contributed by atoms with E-state index in [1.807, 2.05) is 42.5 Å². The molecule has 2 atom stereocenters. The third-order valence-electron chi connectivity index (χ3n) is 4.29. The third kappa shape index (κ3) is 4.56. The van der Waals surface area contributed by atoms with Crippen LogP contribution < -0.4 is 16.0 Å². The second-order valence-corrected chi connectivity index (χ2v) is 6.08. The van der Waals surface area contributed by atoms with E-state index >= 15 is 0 Å². The number of benzene rings is 1. The molecule has 0 radical (unpaired) electrons. The van der Waals surface area contributed by atoms with Gasteiger partial charge in [0.1, 0.15) is 6.04 Å². The van der Waals surface area contributed by atoms with Gasteiger partial charge in [-0.25, -0.2) is 4.79 Å². The smallest absolute Gasteiger partial charge is 0.316 e. The second-order valence-electron chi connectivity index (χ2n) is 6.08. The number of amides is 3. The molecule has 1 saturated heterocycles.